The molecule has 5 nitrogen and oxygen atoms in total. The predicted octanol–water partition coefficient (Wildman–Crippen LogP) is 2.63. The average Bonchev–Trinajstić information content (AvgIpc) is 2.86. The van der Waals surface area contributed by atoms with Crippen LogP contribution in [0.4, 0.5) is 0 Å². The average molecular weight is 261 g/mol. The highest BCUT2D eigenvalue weighted by Gasteiger charge is 2.13. The maximum Gasteiger partial charge on any atom is 0.251 e. The molecule has 0 aliphatic rings. The quantitative estimate of drug-likeness (QED) is 0.866. The molecule has 0 amide bonds. The number of nitrogens with one attached hydrogen (secondary N) is 1. The molecule has 1 heterocycles. The minimum atomic E-state index is 0.381. The van der Waals surface area contributed by atoms with E-state index in [2.05, 4.69) is 29.4 Å². The number of hydrogen-bond donors (Lipinski definition) is 1. The van der Waals surface area contributed by atoms with Gasteiger partial charge in [-0.2, -0.15) is 0 Å². The Bertz CT molecular complexity index is 523. The van der Waals surface area contributed by atoms with Gasteiger partial charge in [-0.1, -0.05) is 26.0 Å². The lowest BCUT2D eigenvalue weighted by Gasteiger charge is -2.06. The van der Waals surface area contributed by atoms with E-state index in [9.17, 15) is 0 Å². The van der Waals surface area contributed by atoms with E-state index in [1.807, 2.05) is 31.2 Å². The third kappa shape index (κ3) is 3.54. The Morgan fingerprint density at radius 2 is 2.05 bits per heavy atom. The van der Waals surface area contributed by atoms with Crippen molar-refractivity contribution in [2.24, 2.45) is 0 Å². The molecule has 2 rings (SSSR count). The fraction of sp³-hybridized carbons (Fsp3) is 0.429. The van der Waals surface area contributed by atoms with Crippen molar-refractivity contribution < 1.29 is 9.15 Å². The Hall–Kier alpha value is -1.88. The lowest BCUT2D eigenvalue weighted by molar-refractivity contribution is 0.340. The number of ether oxygens (including phenoxy) is 1. The van der Waals surface area contributed by atoms with Gasteiger partial charge in [0.1, 0.15) is 5.75 Å². The van der Waals surface area contributed by atoms with Gasteiger partial charge in [0.15, 0.2) is 0 Å². The van der Waals surface area contributed by atoms with Crippen LogP contribution in [-0.2, 0) is 6.54 Å². The maximum absolute atomic E-state index is 5.64. The van der Waals surface area contributed by atoms with Gasteiger partial charge in [-0.05, 0) is 19.1 Å². The van der Waals surface area contributed by atoms with E-state index < -0.39 is 0 Å². The lowest BCUT2D eigenvalue weighted by atomic mass is 10.2. The zero-order valence-corrected chi connectivity index (χ0v) is 11.5. The second-order valence-corrected chi connectivity index (χ2v) is 4.47. The van der Waals surface area contributed by atoms with Crippen LogP contribution in [0.3, 0.4) is 0 Å². The summed E-state index contributed by atoms with van der Waals surface area (Å²) in [5.74, 6) is 1.83. The molecule has 5 heteroatoms. The van der Waals surface area contributed by atoms with Gasteiger partial charge >= 0.3 is 0 Å². The summed E-state index contributed by atoms with van der Waals surface area (Å²) in [5.41, 5.74) is 0.827. The molecule has 0 fully saturated rings. The van der Waals surface area contributed by atoms with Crippen LogP contribution in [0.15, 0.2) is 28.7 Å². The van der Waals surface area contributed by atoms with E-state index in [0.29, 0.717) is 31.0 Å². The number of hydrogen-bond acceptors (Lipinski definition) is 5. The summed E-state index contributed by atoms with van der Waals surface area (Å²) in [4.78, 5) is 0. The standard InChI is InChI=1S/C14H19N3O2/c1-4-18-12-8-6-5-7-11(12)14-17-16-13(19-14)9-15-10(2)3/h5-8,10,15H,4,9H2,1-3H3. The summed E-state index contributed by atoms with van der Waals surface area (Å²) < 4.78 is 11.2. The highest BCUT2D eigenvalue weighted by atomic mass is 16.5. The van der Waals surface area contributed by atoms with Crippen molar-refractivity contribution in [2.45, 2.75) is 33.4 Å². The Balaban J connectivity index is 2.18. The summed E-state index contributed by atoms with van der Waals surface area (Å²) in [5, 5.41) is 11.3. The van der Waals surface area contributed by atoms with Crippen molar-refractivity contribution in [1.82, 2.24) is 15.5 Å². The van der Waals surface area contributed by atoms with Crippen molar-refractivity contribution >= 4 is 0 Å². The van der Waals surface area contributed by atoms with Crippen LogP contribution in [0.25, 0.3) is 11.5 Å². The first kappa shape index (κ1) is 13.5. The molecule has 1 N–H and O–H groups in total. The number of benzene rings is 1. The number of para-hydroxylation sites is 1. The van der Waals surface area contributed by atoms with Gasteiger partial charge in [0, 0.05) is 6.04 Å². The van der Waals surface area contributed by atoms with E-state index in [-0.39, 0.29) is 0 Å². The van der Waals surface area contributed by atoms with Crippen molar-refractivity contribution in [3.05, 3.63) is 30.2 Å². The minimum absolute atomic E-state index is 0.381. The highest BCUT2D eigenvalue weighted by molar-refractivity contribution is 5.62. The largest absolute Gasteiger partial charge is 0.493 e. The summed E-state index contributed by atoms with van der Waals surface area (Å²) in [7, 11) is 0. The second-order valence-electron chi connectivity index (χ2n) is 4.47. The molecule has 0 aliphatic carbocycles. The first-order valence-corrected chi connectivity index (χ1v) is 6.48. The summed E-state index contributed by atoms with van der Waals surface area (Å²) in [6.45, 7) is 7.26. The van der Waals surface area contributed by atoms with E-state index in [0.717, 1.165) is 11.3 Å². The molecule has 2 aromatic rings. The summed E-state index contributed by atoms with van der Waals surface area (Å²) in [6.07, 6.45) is 0. The van der Waals surface area contributed by atoms with Gasteiger partial charge in [0.05, 0.1) is 18.7 Å². The normalized spacial score (nSPS) is 10.9. The van der Waals surface area contributed by atoms with E-state index in [1.54, 1.807) is 0 Å². The first-order chi connectivity index (χ1) is 9.20. The molecule has 0 spiro atoms. The Kier molecular flexibility index (Phi) is 4.52. The Morgan fingerprint density at radius 1 is 1.26 bits per heavy atom. The van der Waals surface area contributed by atoms with E-state index in [4.69, 9.17) is 9.15 Å². The maximum atomic E-state index is 5.64. The van der Waals surface area contributed by atoms with E-state index >= 15 is 0 Å². The first-order valence-electron chi connectivity index (χ1n) is 6.48. The van der Waals surface area contributed by atoms with Gasteiger partial charge in [-0.3, -0.25) is 0 Å². The van der Waals surface area contributed by atoms with Crippen molar-refractivity contribution in [2.75, 3.05) is 6.61 Å². The van der Waals surface area contributed by atoms with Gasteiger partial charge in [-0.15, -0.1) is 10.2 Å². The lowest BCUT2D eigenvalue weighted by Crippen LogP contribution is -2.21. The topological polar surface area (TPSA) is 60.2 Å². The van der Waals surface area contributed by atoms with E-state index in [1.165, 1.54) is 0 Å². The molecule has 102 valence electrons. The molecule has 0 saturated heterocycles. The number of aromatic nitrogens is 2. The Morgan fingerprint density at radius 3 is 2.79 bits per heavy atom. The van der Waals surface area contributed by atoms with Crippen LogP contribution >= 0.6 is 0 Å². The summed E-state index contributed by atoms with van der Waals surface area (Å²) in [6, 6.07) is 8.04. The molecule has 0 unspecified atom stereocenters. The molecule has 1 aromatic carbocycles. The fourth-order valence-electron chi connectivity index (χ4n) is 1.65. The van der Waals surface area contributed by atoms with Gasteiger partial charge in [-0.25, -0.2) is 0 Å². The SMILES string of the molecule is CCOc1ccccc1-c1nnc(CNC(C)C)o1. The smallest absolute Gasteiger partial charge is 0.251 e. The number of rotatable bonds is 6. The van der Waals surface area contributed by atoms with Crippen LogP contribution in [0, 0.1) is 0 Å². The third-order valence-electron chi connectivity index (χ3n) is 2.55. The molecule has 0 atom stereocenters. The monoisotopic (exact) mass is 261 g/mol. The molecule has 1 aromatic heterocycles. The van der Waals surface area contributed by atoms with Crippen molar-refractivity contribution in [3.8, 4) is 17.2 Å². The second kappa shape index (κ2) is 6.33. The molecule has 0 aliphatic heterocycles. The summed E-state index contributed by atoms with van der Waals surface area (Å²) >= 11 is 0. The molecule has 19 heavy (non-hydrogen) atoms. The zero-order valence-electron chi connectivity index (χ0n) is 11.5. The molecular weight excluding hydrogens is 242 g/mol. The van der Waals surface area contributed by atoms with Crippen LogP contribution < -0.4 is 10.1 Å². The molecular formula is C14H19N3O2. The van der Waals surface area contributed by atoms with Gasteiger partial charge < -0.3 is 14.5 Å². The van der Waals surface area contributed by atoms with Crippen LogP contribution in [-0.4, -0.2) is 22.8 Å². The highest BCUT2D eigenvalue weighted by Crippen LogP contribution is 2.28. The minimum Gasteiger partial charge on any atom is -0.493 e. The van der Waals surface area contributed by atoms with Crippen LogP contribution in [0.2, 0.25) is 0 Å². The van der Waals surface area contributed by atoms with Gasteiger partial charge in [0.2, 0.25) is 5.89 Å². The molecule has 0 saturated carbocycles. The molecule has 0 bridgehead atoms. The molecule has 0 radical (unpaired) electrons. The van der Waals surface area contributed by atoms with Gasteiger partial charge in [0.25, 0.3) is 5.89 Å². The Labute approximate surface area is 113 Å². The van der Waals surface area contributed by atoms with Crippen LogP contribution in [0.5, 0.6) is 5.75 Å². The predicted molar refractivity (Wildman–Crippen MR) is 72.9 cm³/mol. The van der Waals surface area contributed by atoms with Crippen molar-refractivity contribution in [1.29, 1.82) is 0 Å². The fourth-order valence-corrected chi connectivity index (χ4v) is 1.65. The zero-order chi connectivity index (χ0) is 13.7. The van der Waals surface area contributed by atoms with Crippen LogP contribution in [0.1, 0.15) is 26.7 Å². The van der Waals surface area contributed by atoms with Crippen molar-refractivity contribution in [3.63, 3.8) is 0 Å². The number of nitrogens with zero attached hydrogens (tertiary/aromatic N) is 2. The third-order valence-corrected chi connectivity index (χ3v) is 2.55.